The molecule has 1 unspecified atom stereocenters. The zero-order valence-corrected chi connectivity index (χ0v) is 11.7. The number of anilines is 1. The van der Waals surface area contributed by atoms with Gasteiger partial charge in [0.25, 0.3) is 0 Å². The van der Waals surface area contributed by atoms with Gasteiger partial charge >= 0.3 is 5.69 Å². The Balaban J connectivity index is 3.06. The third-order valence-corrected chi connectivity index (χ3v) is 2.76. The maximum atomic E-state index is 11.1. The number of aryl methyl sites for hydroxylation is 2. The largest absolute Gasteiger partial charge is 0.389 e. The minimum atomic E-state index is -0.713. The SMILES string of the molecule is CCn1nc(C)c([N+](=O)[O-])c1N(C)CC(O)COC. The number of aromatic nitrogens is 2. The summed E-state index contributed by atoms with van der Waals surface area (Å²) < 4.78 is 6.41. The number of nitrogens with zero attached hydrogens (tertiary/aromatic N) is 4. The summed E-state index contributed by atoms with van der Waals surface area (Å²) in [5, 5.41) is 25.0. The first kappa shape index (κ1) is 15.4. The van der Waals surface area contributed by atoms with Crippen LogP contribution in [-0.2, 0) is 11.3 Å². The molecule has 1 aromatic rings. The van der Waals surface area contributed by atoms with Crippen LogP contribution in [0.5, 0.6) is 0 Å². The lowest BCUT2D eigenvalue weighted by atomic mass is 10.3. The van der Waals surface area contributed by atoms with E-state index in [1.54, 1.807) is 23.6 Å². The van der Waals surface area contributed by atoms with Crippen LogP contribution in [-0.4, -0.2) is 53.2 Å². The topological polar surface area (TPSA) is 93.7 Å². The van der Waals surface area contributed by atoms with E-state index in [2.05, 4.69) is 5.10 Å². The molecule has 1 heterocycles. The number of likely N-dealkylation sites (N-methyl/N-ethyl adjacent to an activating group) is 1. The van der Waals surface area contributed by atoms with Crippen LogP contribution in [0.2, 0.25) is 0 Å². The highest BCUT2D eigenvalue weighted by Crippen LogP contribution is 2.30. The molecular weight excluding hydrogens is 252 g/mol. The Morgan fingerprint density at radius 1 is 1.63 bits per heavy atom. The fourth-order valence-electron chi connectivity index (χ4n) is 2.02. The van der Waals surface area contributed by atoms with E-state index in [0.29, 0.717) is 18.1 Å². The van der Waals surface area contributed by atoms with E-state index in [4.69, 9.17) is 4.74 Å². The minimum Gasteiger partial charge on any atom is -0.389 e. The molecule has 0 aliphatic rings. The van der Waals surface area contributed by atoms with Gasteiger partial charge in [-0.1, -0.05) is 0 Å². The molecular formula is C11H20N4O4. The normalized spacial score (nSPS) is 12.5. The molecule has 8 heteroatoms. The molecule has 0 saturated heterocycles. The van der Waals surface area contributed by atoms with Gasteiger partial charge in [-0.15, -0.1) is 0 Å². The van der Waals surface area contributed by atoms with Crippen LogP contribution in [0.3, 0.4) is 0 Å². The molecule has 0 saturated carbocycles. The Labute approximate surface area is 111 Å². The number of hydrogen-bond donors (Lipinski definition) is 1. The average molecular weight is 272 g/mol. The van der Waals surface area contributed by atoms with Gasteiger partial charge in [-0.25, -0.2) is 4.68 Å². The van der Waals surface area contributed by atoms with Crippen LogP contribution in [0.25, 0.3) is 0 Å². The summed E-state index contributed by atoms with van der Waals surface area (Å²) in [4.78, 5) is 12.3. The summed E-state index contributed by atoms with van der Waals surface area (Å²) >= 11 is 0. The Bertz CT molecular complexity index is 446. The zero-order chi connectivity index (χ0) is 14.6. The third kappa shape index (κ3) is 3.42. The van der Waals surface area contributed by atoms with Crippen LogP contribution in [0, 0.1) is 17.0 Å². The average Bonchev–Trinajstić information content (AvgIpc) is 2.66. The second-order valence-corrected chi connectivity index (χ2v) is 4.32. The number of methoxy groups -OCH3 is 1. The molecule has 0 aliphatic heterocycles. The molecule has 108 valence electrons. The quantitative estimate of drug-likeness (QED) is 0.576. The first-order valence-corrected chi connectivity index (χ1v) is 6.02. The van der Waals surface area contributed by atoms with Crippen molar-refractivity contribution in [2.24, 2.45) is 0 Å². The molecule has 0 aromatic carbocycles. The second-order valence-electron chi connectivity index (χ2n) is 4.32. The van der Waals surface area contributed by atoms with E-state index in [1.807, 2.05) is 6.92 Å². The Hall–Kier alpha value is -1.67. The van der Waals surface area contributed by atoms with Gasteiger partial charge in [0, 0.05) is 27.2 Å². The number of rotatable bonds is 7. The van der Waals surface area contributed by atoms with Gasteiger partial charge in [0.05, 0.1) is 17.6 Å². The lowest BCUT2D eigenvalue weighted by Crippen LogP contribution is -2.33. The van der Waals surface area contributed by atoms with Crippen molar-refractivity contribution in [2.45, 2.75) is 26.5 Å². The van der Waals surface area contributed by atoms with Crippen molar-refractivity contribution in [2.75, 3.05) is 32.2 Å². The first-order valence-electron chi connectivity index (χ1n) is 6.02. The van der Waals surface area contributed by atoms with Crippen LogP contribution in [0.1, 0.15) is 12.6 Å². The molecule has 8 nitrogen and oxygen atoms in total. The molecule has 1 aromatic heterocycles. The highest BCUT2D eigenvalue weighted by molar-refractivity contribution is 5.61. The van der Waals surface area contributed by atoms with E-state index in [1.165, 1.54) is 7.11 Å². The first-order chi connectivity index (χ1) is 8.92. The van der Waals surface area contributed by atoms with Crippen molar-refractivity contribution in [1.29, 1.82) is 0 Å². The van der Waals surface area contributed by atoms with Gasteiger partial charge in [0.1, 0.15) is 5.69 Å². The maximum Gasteiger partial charge on any atom is 0.333 e. The van der Waals surface area contributed by atoms with Gasteiger partial charge in [-0.3, -0.25) is 10.1 Å². The van der Waals surface area contributed by atoms with Gasteiger partial charge in [0.15, 0.2) is 0 Å². The summed E-state index contributed by atoms with van der Waals surface area (Å²) in [5.74, 6) is 0.403. The standard InChI is InChI=1S/C11H20N4O4/c1-5-14-11(10(15(17)18)8(2)12-14)13(3)6-9(16)7-19-4/h9,16H,5-7H2,1-4H3. The van der Waals surface area contributed by atoms with Gasteiger partial charge in [0.2, 0.25) is 5.82 Å². The Morgan fingerprint density at radius 3 is 2.74 bits per heavy atom. The molecule has 1 atom stereocenters. The number of ether oxygens (including phenoxy) is 1. The van der Waals surface area contributed by atoms with E-state index in [-0.39, 0.29) is 18.8 Å². The van der Waals surface area contributed by atoms with Crippen LogP contribution in [0.15, 0.2) is 0 Å². The minimum absolute atomic E-state index is 0.0195. The fourth-order valence-corrected chi connectivity index (χ4v) is 2.02. The smallest absolute Gasteiger partial charge is 0.333 e. The second kappa shape index (κ2) is 6.48. The maximum absolute atomic E-state index is 11.1. The van der Waals surface area contributed by atoms with Crippen molar-refractivity contribution >= 4 is 11.5 Å². The number of hydrogen-bond acceptors (Lipinski definition) is 6. The predicted molar refractivity (Wildman–Crippen MR) is 70.4 cm³/mol. The lowest BCUT2D eigenvalue weighted by molar-refractivity contribution is -0.384. The molecule has 0 aliphatic carbocycles. The molecule has 1 rings (SSSR count). The van der Waals surface area contributed by atoms with E-state index < -0.39 is 11.0 Å². The van der Waals surface area contributed by atoms with Crippen LogP contribution in [0.4, 0.5) is 11.5 Å². The summed E-state index contributed by atoms with van der Waals surface area (Å²) in [6.07, 6.45) is -0.713. The summed E-state index contributed by atoms with van der Waals surface area (Å²) in [5.41, 5.74) is 0.351. The highest BCUT2D eigenvalue weighted by Gasteiger charge is 2.28. The highest BCUT2D eigenvalue weighted by atomic mass is 16.6. The summed E-state index contributed by atoms with van der Waals surface area (Å²) in [7, 11) is 3.18. The van der Waals surface area contributed by atoms with Gasteiger partial charge in [-0.2, -0.15) is 5.10 Å². The number of aliphatic hydroxyl groups excluding tert-OH is 1. The van der Waals surface area contributed by atoms with Crippen molar-refractivity contribution in [3.63, 3.8) is 0 Å². The van der Waals surface area contributed by atoms with Gasteiger partial charge in [-0.05, 0) is 13.8 Å². The van der Waals surface area contributed by atoms with E-state index >= 15 is 0 Å². The number of aliphatic hydroxyl groups is 1. The van der Waals surface area contributed by atoms with Gasteiger partial charge < -0.3 is 14.7 Å². The Morgan fingerprint density at radius 2 is 2.26 bits per heavy atom. The fraction of sp³-hybridized carbons (Fsp3) is 0.727. The molecule has 0 radical (unpaired) electrons. The van der Waals surface area contributed by atoms with Crippen molar-refractivity contribution in [3.8, 4) is 0 Å². The van der Waals surface area contributed by atoms with Crippen molar-refractivity contribution in [1.82, 2.24) is 9.78 Å². The van der Waals surface area contributed by atoms with Crippen molar-refractivity contribution in [3.05, 3.63) is 15.8 Å². The van der Waals surface area contributed by atoms with Crippen LogP contribution >= 0.6 is 0 Å². The molecule has 19 heavy (non-hydrogen) atoms. The molecule has 0 spiro atoms. The summed E-state index contributed by atoms with van der Waals surface area (Å²) in [6.45, 7) is 4.40. The van der Waals surface area contributed by atoms with Crippen LogP contribution < -0.4 is 4.90 Å². The van der Waals surface area contributed by atoms with Crippen molar-refractivity contribution < 1.29 is 14.8 Å². The predicted octanol–water partition coefficient (Wildman–Crippen LogP) is 0.563. The molecule has 0 fully saturated rings. The molecule has 0 amide bonds. The van der Waals surface area contributed by atoms with E-state index in [9.17, 15) is 15.2 Å². The Kier molecular flexibility index (Phi) is 5.25. The third-order valence-electron chi connectivity index (χ3n) is 2.76. The molecule has 1 N–H and O–H groups in total. The summed E-state index contributed by atoms with van der Waals surface area (Å²) in [6, 6.07) is 0. The zero-order valence-electron chi connectivity index (χ0n) is 11.7. The lowest BCUT2D eigenvalue weighted by Gasteiger charge is -2.22. The molecule has 0 bridgehead atoms. The monoisotopic (exact) mass is 272 g/mol. The number of nitro groups is 1. The van der Waals surface area contributed by atoms with E-state index in [0.717, 1.165) is 0 Å².